The Morgan fingerprint density at radius 1 is 1.40 bits per heavy atom. The summed E-state index contributed by atoms with van der Waals surface area (Å²) in [5.41, 5.74) is 0.117. The monoisotopic (exact) mass is 304 g/mol. The van der Waals surface area contributed by atoms with Crippen molar-refractivity contribution in [2.75, 3.05) is 24.6 Å². The molecular formula is C12H20N2O5S. The molecule has 1 saturated heterocycles. The van der Waals surface area contributed by atoms with Crippen LogP contribution in [-0.4, -0.2) is 61.1 Å². The van der Waals surface area contributed by atoms with E-state index in [1.165, 1.54) is 0 Å². The lowest BCUT2D eigenvalue weighted by molar-refractivity contribution is -0.138. The van der Waals surface area contributed by atoms with E-state index in [9.17, 15) is 18.0 Å². The molecular weight excluding hydrogens is 284 g/mol. The summed E-state index contributed by atoms with van der Waals surface area (Å²) in [6, 6.07) is -1.02. The van der Waals surface area contributed by atoms with E-state index in [0.29, 0.717) is 13.0 Å². The second-order valence-electron chi connectivity index (χ2n) is 6.05. The van der Waals surface area contributed by atoms with Crippen molar-refractivity contribution in [2.45, 2.75) is 32.2 Å². The predicted octanol–water partition coefficient (Wildman–Crippen LogP) is 0.0698. The first-order valence-electron chi connectivity index (χ1n) is 6.67. The number of hydrogen-bond donors (Lipinski definition) is 2. The maximum atomic E-state index is 12.1. The summed E-state index contributed by atoms with van der Waals surface area (Å²) in [5.74, 6) is -1.27. The fourth-order valence-corrected chi connectivity index (χ4v) is 4.05. The Morgan fingerprint density at radius 2 is 2.05 bits per heavy atom. The van der Waals surface area contributed by atoms with Gasteiger partial charge in [0.1, 0.15) is 6.54 Å². The van der Waals surface area contributed by atoms with Crippen molar-refractivity contribution in [2.24, 2.45) is 5.41 Å². The number of carbonyl (C=O) groups is 2. The van der Waals surface area contributed by atoms with Crippen molar-refractivity contribution in [1.82, 2.24) is 10.2 Å². The smallest absolute Gasteiger partial charge is 0.323 e. The molecule has 0 aromatic carbocycles. The summed E-state index contributed by atoms with van der Waals surface area (Å²) in [6.45, 7) is 2.08. The van der Waals surface area contributed by atoms with Crippen molar-refractivity contribution < 1.29 is 23.1 Å². The van der Waals surface area contributed by atoms with Crippen LogP contribution < -0.4 is 5.32 Å². The van der Waals surface area contributed by atoms with E-state index in [1.807, 2.05) is 0 Å². The van der Waals surface area contributed by atoms with E-state index in [2.05, 4.69) is 12.2 Å². The Kier molecular flexibility index (Phi) is 3.95. The maximum Gasteiger partial charge on any atom is 0.323 e. The molecule has 20 heavy (non-hydrogen) atoms. The number of amides is 2. The molecule has 1 heterocycles. The third-order valence-corrected chi connectivity index (χ3v) is 5.74. The Hall–Kier alpha value is -1.31. The molecule has 2 fully saturated rings. The minimum Gasteiger partial charge on any atom is -0.480 e. The number of hydrogen-bond acceptors (Lipinski definition) is 4. The Bertz CT molecular complexity index is 512. The zero-order valence-corrected chi connectivity index (χ0v) is 12.3. The first-order valence-corrected chi connectivity index (χ1v) is 8.50. The third-order valence-electron chi connectivity index (χ3n) is 3.99. The highest BCUT2D eigenvalue weighted by atomic mass is 32.2. The van der Waals surface area contributed by atoms with E-state index in [-0.39, 0.29) is 16.9 Å². The molecule has 1 saturated carbocycles. The molecule has 1 aliphatic carbocycles. The molecule has 0 aromatic heterocycles. The first kappa shape index (κ1) is 15.1. The SMILES string of the molecule is CC1(CNC(=O)N(CC(=O)O)C2CCS(=O)(=O)C2)CC1. The highest BCUT2D eigenvalue weighted by Crippen LogP contribution is 2.44. The number of rotatable bonds is 5. The van der Waals surface area contributed by atoms with Crippen LogP contribution in [0.1, 0.15) is 26.2 Å². The Balaban J connectivity index is 1.99. The zero-order chi connectivity index (χ0) is 15.0. The van der Waals surface area contributed by atoms with Gasteiger partial charge >= 0.3 is 12.0 Å². The molecule has 1 aliphatic heterocycles. The van der Waals surface area contributed by atoms with Gasteiger partial charge in [-0.25, -0.2) is 13.2 Å². The van der Waals surface area contributed by atoms with Gasteiger partial charge in [-0.15, -0.1) is 0 Å². The van der Waals surface area contributed by atoms with Crippen molar-refractivity contribution in [3.8, 4) is 0 Å². The third kappa shape index (κ3) is 3.84. The van der Waals surface area contributed by atoms with E-state index >= 15 is 0 Å². The van der Waals surface area contributed by atoms with Crippen molar-refractivity contribution >= 4 is 21.8 Å². The normalized spacial score (nSPS) is 25.9. The minimum absolute atomic E-state index is 0.0127. The lowest BCUT2D eigenvalue weighted by Crippen LogP contribution is -2.50. The molecule has 114 valence electrons. The molecule has 0 bridgehead atoms. The molecule has 1 unspecified atom stereocenters. The van der Waals surface area contributed by atoms with Crippen LogP contribution in [0.5, 0.6) is 0 Å². The fraction of sp³-hybridized carbons (Fsp3) is 0.833. The molecule has 2 N–H and O–H groups in total. The average molecular weight is 304 g/mol. The van der Waals surface area contributed by atoms with Gasteiger partial charge < -0.3 is 15.3 Å². The molecule has 2 amide bonds. The van der Waals surface area contributed by atoms with E-state index in [4.69, 9.17) is 5.11 Å². The summed E-state index contributed by atoms with van der Waals surface area (Å²) in [6.07, 6.45) is 2.40. The van der Waals surface area contributed by atoms with E-state index < -0.39 is 34.4 Å². The number of carbonyl (C=O) groups excluding carboxylic acids is 1. The predicted molar refractivity (Wildman–Crippen MR) is 72.1 cm³/mol. The zero-order valence-electron chi connectivity index (χ0n) is 11.5. The van der Waals surface area contributed by atoms with Crippen LogP contribution in [0.15, 0.2) is 0 Å². The van der Waals surface area contributed by atoms with E-state index in [0.717, 1.165) is 17.7 Å². The van der Waals surface area contributed by atoms with Gasteiger partial charge in [0.25, 0.3) is 0 Å². The highest BCUT2D eigenvalue weighted by molar-refractivity contribution is 7.91. The minimum atomic E-state index is -3.16. The molecule has 7 nitrogen and oxygen atoms in total. The second kappa shape index (κ2) is 5.23. The molecule has 2 rings (SSSR count). The summed E-state index contributed by atoms with van der Waals surface area (Å²) >= 11 is 0. The van der Waals surface area contributed by atoms with Gasteiger partial charge in [-0.05, 0) is 24.7 Å². The molecule has 8 heteroatoms. The fourth-order valence-electron chi connectivity index (χ4n) is 2.31. The van der Waals surface area contributed by atoms with Crippen LogP contribution in [0.4, 0.5) is 4.79 Å². The van der Waals surface area contributed by atoms with Gasteiger partial charge in [0.2, 0.25) is 0 Å². The van der Waals surface area contributed by atoms with Gasteiger partial charge in [0.15, 0.2) is 9.84 Å². The van der Waals surface area contributed by atoms with Gasteiger partial charge in [-0.1, -0.05) is 6.92 Å². The van der Waals surface area contributed by atoms with Crippen LogP contribution in [-0.2, 0) is 14.6 Å². The number of carboxylic acids is 1. The number of urea groups is 1. The number of nitrogens with one attached hydrogen (secondary N) is 1. The largest absolute Gasteiger partial charge is 0.480 e. The number of nitrogens with zero attached hydrogens (tertiary/aromatic N) is 1. The standard InChI is InChI=1S/C12H20N2O5S/c1-12(3-4-12)8-13-11(17)14(6-10(15)16)9-2-5-20(18,19)7-9/h9H,2-8H2,1H3,(H,13,17)(H,15,16). The molecule has 0 spiro atoms. The number of sulfone groups is 1. The molecule has 0 radical (unpaired) electrons. The van der Waals surface area contributed by atoms with Gasteiger partial charge in [0, 0.05) is 12.6 Å². The second-order valence-corrected chi connectivity index (χ2v) is 8.28. The van der Waals surface area contributed by atoms with Crippen LogP contribution in [0.2, 0.25) is 0 Å². The summed E-state index contributed by atoms with van der Waals surface area (Å²) < 4.78 is 23.0. The van der Waals surface area contributed by atoms with Crippen molar-refractivity contribution in [3.05, 3.63) is 0 Å². The number of aliphatic carboxylic acids is 1. The van der Waals surface area contributed by atoms with Gasteiger partial charge in [-0.3, -0.25) is 4.79 Å². The van der Waals surface area contributed by atoms with E-state index in [1.54, 1.807) is 0 Å². The quantitative estimate of drug-likeness (QED) is 0.748. The lowest BCUT2D eigenvalue weighted by Gasteiger charge is -2.27. The lowest BCUT2D eigenvalue weighted by atomic mass is 10.1. The summed E-state index contributed by atoms with van der Waals surface area (Å²) in [4.78, 5) is 24.1. The Labute approximate surface area is 118 Å². The molecule has 1 atom stereocenters. The van der Waals surface area contributed by atoms with Crippen LogP contribution >= 0.6 is 0 Å². The Morgan fingerprint density at radius 3 is 2.50 bits per heavy atom. The highest BCUT2D eigenvalue weighted by Gasteiger charge is 2.39. The maximum absolute atomic E-state index is 12.1. The van der Waals surface area contributed by atoms with Crippen LogP contribution in [0, 0.1) is 5.41 Å². The molecule has 0 aromatic rings. The van der Waals surface area contributed by atoms with Crippen LogP contribution in [0.3, 0.4) is 0 Å². The summed E-state index contributed by atoms with van der Waals surface area (Å²) in [7, 11) is -3.16. The average Bonchev–Trinajstić information content (AvgIpc) is 2.96. The van der Waals surface area contributed by atoms with Crippen molar-refractivity contribution in [1.29, 1.82) is 0 Å². The van der Waals surface area contributed by atoms with Gasteiger partial charge in [0.05, 0.1) is 11.5 Å². The number of carboxylic acid groups (broad SMARTS) is 1. The topological polar surface area (TPSA) is 104 Å². The van der Waals surface area contributed by atoms with Gasteiger partial charge in [-0.2, -0.15) is 0 Å². The van der Waals surface area contributed by atoms with Crippen molar-refractivity contribution in [3.63, 3.8) is 0 Å². The first-order chi connectivity index (χ1) is 9.21. The van der Waals surface area contributed by atoms with Crippen LogP contribution in [0.25, 0.3) is 0 Å². The summed E-state index contributed by atoms with van der Waals surface area (Å²) in [5, 5.41) is 11.6. The molecule has 2 aliphatic rings.